The molecular weight excluding hydrogens is 232 g/mol. The van der Waals surface area contributed by atoms with E-state index in [1.165, 1.54) is 7.11 Å². The van der Waals surface area contributed by atoms with Crippen LogP contribution in [0.25, 0.3) is 0 Å². The van der Waals surface area contributed by atoms with Gasteiger partial charge in [0, 0.05) is 32.1 Å². The second-order valence-electron chi connectivity index (χ2n) is 5.52. The smallest absolute Gasteiger partial charge is 0.325 e. The number of carbonyl (C=O) groups excluding carboxylic acids is 2. The molecule has 1 saturated heterocycles. The van der Waals surface area contributed by atoms with Crippen LogP contribution in [0.5, 0.6) is 0 Å². The fourth-order valence-corrected chi connectivity index (χ4v) is 2.23. The molecule has 0 unspecified atom stereocenters. The molecular formula is C13H24N2O3. The Balaban J connectivity index is 2.59. The van der Waals surface area contributed by atoms with Crippen LogP contribution < -0.4 is 0 Å². The molecule has 0 N–H and O–H groups in total. The van der Waals surface area contributed by atoms with Crippen LogP contribution in [0.2, 0.25) is 0 Å². The fraction of sp³-hybridized carbons (Fsp3) is 0.846. The normalized spacial score (nSPS) is 18.0. The second-order valence-corrected chi connectivity index (χ2v) is 5.52. The van der Waals surface area contributed by atoms with E-state index < -0.39 is 5.54 Å². The molecule has 5 nitrogen and oxygen atoms in total. The Hall–Kier alpha value is -1.10. The van der Waals surface area contributed by atoms with Crippen LogP contribution in [0.3, 0.4) is 0 Å². The molecule has 1 heterocycles. The SMILES string of the molecule is COC(=O)C(C)(C)N1CCN(C(=O)C(C)C)CC1. The summed E-state index contributed by atoms with van der Waals surface area (Å²) in [6, 6.07) is 0. The van der Waals surface area contributed by atoms with Gasteiger partial charge in [-0.05, 0) is 13.8 Å². The zero-order valence-corrected chi connectivity index (χ0v) is 12.0. The molecule has 0 bridgehead atoms. The average molecular weight is 256 g/mol. The van der Waals surface area contributed by atoms with E-state index >= 15 is 0 Å². The van der Waals surface area contributed by atoms with Gasteiger partial charge >= 0.3 is 5.97 Å². The number of hydrogen-bond acceptors (Lipinski definition) is 4. The van der Waals surface area contributed by atoms with Crippen molar-refractivity contribution in [3.05, 3.63) is 0 Å². The van der Waals surface area contributed by atoms with Gasteiger partial charge in [0.05, 0.1) is 7.11 Å². The molecule has 1 aliphatic rings. The molecule has 1 amide bonds. The van der Waals surface area contributed by atoms with Crippen LogP contribution in [-0.2, 0) is 14.3 Å². The molecule has 0 radical (unpaired) electrons. The standard InChI is InChI=1S/C13H24N2O3/c1-10(2)11(16)14-6-8-15(9-7-14)13(3,4)12(17)18-5/h10H,6-9H2,1-5H3. The first kappa shape index (κ1) is 15.0. The van der Waals surface area contributed by atoms with Gasteiger partial charge in [0.2, 0.25) is 5.91 Å². The first-order chi connectivity index (χ1) is 8.30. The Bertz CT molecular complexity index is 318. The van der Waals surface area contributed by atoms with Gasteiger partial charge < -0.3 is 9.64 Å². The van der Waals surface area contributed by atoms with Crippen LogP contribution in [-0.4, -0.2) is 60.5 Å². The molecule has 0 aliphatic carbocycles. The first-order valence-corrected chi connectivity index (χ1v) is 6.43. The molecule has 0 aromatic carbocycles. The summed E-state index contributed by atoms with van der Waals surface area (Å²) in [5.74, 6) is -0.0122. The lowest BCUT2D eigenvalue weighted by molar-refractivity contribution is -0.155. The third-order valence-electron chi connectivity index (χ3n) is 3.56. The minimum Gasteiger partial charge on any atom is -0.468 e. The van der Waals surface area contributed by atoms with Crippen LogP contribution in [0.4, 0.5) is 0 Å². The van der Waals surface area contributed by atoms with E-state index in [-0.39, 0.29) is 17.8 Å². The molecule has 1 rings (SSSR count). The van der Waals surface area contributed by atoms with E-state index in [2.05, 4.69) is 4.90 Å². The Labute approximate surface area is 109 Å². The highest BCUT2D eigenvalue weighted by Gasteiger charge is 2.38. The highest BCUT2D eigenvalue weighted by molar-refractivity contribution is 5.80. The van der Waals surface area contributed by atoms with Crippen molar-refractivity contribution >= 4 is 11.9 Å². The predicted molar refractivity (Wildman–Crippen MR) is 69.1 cm³/mol. The number of carbonyl (C=O) groups is 2. The molecule has 18 heavy (non-hydrogen) atoms. The number of nitrogens with zero attached hydrogens (tertiary/aromatic N) is 2. The summed E-state index contributed by atoms with van der Waals surface area (Å²) in [5.41, 5.74) is -0.623. The summed E-state index contributed by atoms with van der Waals surface area (Å²) in [4.78, 5) is 27.5. The fourth-order valence-electron chi connectivity index (χ4n) is 2.23. The highest BCUT2D eigenvalue weighted by Crippen LogP contribution is 2.19. The predicted octanol–water partition coefficient (Wildman–Crippen LogP) is 0.738. The van der Waals surface area contributed by atoms with Crippen LogP contribution >= 0.6 is 0 Å². The van der Waals surface area contributed by atoms with Crippen LogP contribution in [0, 0.1) is 5.92 Å². The van der Waals surface area contributed by atoms with E-state index in [4.69, 9.17) is 4.74 Å². The van der Waals surface area contributed by atoms with E-state index in [0.29, 0.717) is 26.2 Å². The largest absolute Gasteiger partial charge is 0.468 e. The minimum atomic E-state index is -0.623. The number of rotatable bonds is 3. The van der Waals surface area contributed by atoms with Crippen molar-refractivity contribution < 1.29 is 14.3 Å². The maximum atomic E-state index is 11.9. The number of methoxy groups -OCH3 is 1. The topological polar surface area (TPSA) is 49.9 Å². The zero-order valence-electron chi connectivity index (χ0n) is 12.0. The van der Waals surface area contributed by atoms with E-state index in [9.17, 15) is 9.59 Å². The van der Waals surface area contributed by atoms with Crippen molar-refractivity contribution in [3.63, 3.8) is 0 Å². The van der Waals surface area contributed by atoms with Gasteiger partial charge in [-0.2, -0.15) is 0 Å². The van der Waals surface area contributed by atoms with E-state index in [0.717, 1.165) is 0 Å². The summed E-state index contributed by atoms with van der Waals surface area (Å²) in [5, 5.41) is 0. The lowest BCUT2D eigenvalue weighted by Gasteiger charge is -2.42. The maximum Gasteiger partial charge on any atom is 0.325 e. The summed E-state index contributed by atoms with van der Waals surface area (Å²) < 4.78 is 4.82. The Morgan fingerprint density at radius 2 is 1.61 bits per heavy atom. The molecule has 0 aromatic heterocycles. The summed E-state index contributed by atoms with van der Waals surface area (Å²) in [6.07, 6.45) is 0. The van der Waals surface area contributed by atoms with Crippen molar-refractivity contribution in [2.45, 2.75) is 33.2 Å². The lowest BCUT2D eigenvalue weighted by Crippen LogP contribution is -2.59. The number of piperazine rings is 1. The number of hydrogen-bond donors (Lipinski definition) is 0. The monoisotopic (exact) mass is 256 g/mol. The number of ether oxygens (including phenoxy) is 1. The molecule has 0 atom stereocenters. The molecule has 1 fully saturated rings. The van der Waals surface area contributed by atoms with Crippen molar-refractivity contribution in [2.24, 2.45) is 5.92 Å². The lowest BCUT2D eigenvalue weighted by atomic mass is 10.0. The number of amides is 1. The summed E-state index contributed by atoms with van der Waals surface area (Å²) in [7, 11) is 1.41. The number of esters is 1. The van der Waals surface area contributed by atoms with Crippen LogP contribution in [0.15, 0.2) is 0 Å². The second kappa shape index (κ2) is 5.69. The van der Waals surface area contributed by atoms with Gasteiger partial charge in [0.1, 0.15) is 5.54 Å². The summed E-state index contributed by atoms with van der Waals surface area (Å²) >= 11 is 0. The van der Waals surface area contributed by atoms with Crippen molar-refractivity contribution in [2.75, 3.05) is 33.3 Å². The first-order valence-electron chi connectivity index (χ1n) is 6.43. The van der Waals surface area contributed by atoms with E-state index in [1.54, 1.807) is 0 Å². The zero-order chi connectivity index (χ0) is 13.9. The van der Waals surface area contributed by atoms with Gasteiger partial charge in [0.15, 0.2) is 0 Å². The van der Waals surface area contributed by atoms with Crippen LogP contribution in [0.1, 0.15) is 27.7 Å². The average Bonchev–Trinajstić information content (AvgIpc) is 2.36. The minimum absolute atomic E-state index is 0.0326. The molecule has 1 aliphatic heterocycles. The van der Waals surface area contributed by atoms with Crippen molar-refractivity contribution in [3.8, 4) is 0 Å². The van der Waals surface area contributed by atoms with Crippen molar-refractivity contribution in [1.29, 1.82) is 0 Å². The molecule has 5 heteroatoms. The van der Waals surface area contributed by atoms with Gasteiger partial charge in [-0.1, -0.05) is 13.8 Å². The molecule has 0 aromatic rings. The van der Waals surface area contributed by atoms with Gasteiger partial charge in [-0.15, -0.1) is 0 Å². The molecule has 0 spiro atoms. The molecule has 0 saturated carbocycles. The maximum absolute atomic E-state index is 11.9. The van der Waals surface area contributed by atoms with E-state index in [1.807, 2.05) is 32.6 Å². The Morgan fingerprint density at radius 1 is 1.11 bits per heavy atom. The molecule has 104 valence electrons. The van der Waals surface area contributed by atoms with Gasteiger partial charge in [-0.3, -0.25) is 14.5 Å². The third-order valence-corrected chi connectivity index (χ3v) is 3.56. The quantitative estimate of drug-likeness (QED) is 0.699. The van der Waals surface area contributed by atoms with Gasteiger partial charge in [-0.25, -0.2) is 0 Å². The highest BCUT2D eigenvalue weighted by atomic mass is 16.5. The van der Waals surface area contributed by atoms with Crippen molar-refractivity contribution in [1.82, 2.24) is 9.80 Å². The Kier molecular flexibility index (Phi) is 4.73. The summed E-state index contributed by atoms with van der Waals surface area (Å²) in [6.45, 7) is 10.3. The van der Waals surface area contributed by atoms with Gasteiger partial charge in [0.25, 0.3) is 0 Å². The Morgan fingerprint density at radius 3 is 2.00 bits per heavy atom. The third kappa shape index (κ3) is 3.02.